The maximum Gasteiger partial charge on any atom is 0.307 e. The van der Waals surface area contributed by atoms with Gasteiger partial charge < -0.3 is 20.5 Å². The summed E-state index contributed by atoms with van der Waals surface area (Å²) in [6, 6.07) is 16.3. The van der Waals surface area contributed by atoms with E-state index in [9.17, 15) is 19.6 Å². The first-order chi connectivity index (χ1) is 17.3. The fourth-order valence-electron chi connectivity index (χ4n) is 4.19. The molecule has 0 unspecified atom stereocenters. The number of fused-ring (bicyclic) bond motifs is 1. The molecule has 3 N–H and O–H groups in total. The third-order valence-electron chi connectivity index (χ3n) is 5.95. The molecular weight excluding hydrogens is 480 g/mol. The molecule has 2 aliphatic rings. The lowest BCUT2D eigenvalue weighted by Gasteiger charge is -2.32. The van der Waals surface area contributed by atoms with Gasteiger partial charge in [0.05, 0.1) is 48.8 Å². The molecule has 1 saturated heterocycles. The van der Waals surface area contributed by atoms with Gasteiger partial charge in [-0.25, -0.2) is 0 Å². The Bertz CT molecular complexity index is 1340. The predicted molar refractivity (Wildman–Crippen MR) is 134 cm³/mol. The zero-order chi connectivity index (χ0) is 26.0. The first kappa shape index (κ1) is 24.9. The number of nitrogens with two attached hydrogens (primary N) is 1. The summed E-state index contributed by atoms with van der Waals surface area (Å²) in [5, 5.41) is 12.4. The van der Waals surface area contributed by atoms with Crippen molar-refractivity contribution in [3.05, 3.63) is 81.7 Å². The number of carbonyl (C=O) groups is 3. The van der Waals surface area contributed by atoms with Crippen molar-refractivity contribution >= 4 is 35.2 Å². The van der Waals surface area contributed by atoms with Crippen molar-refractivity contribution in [3.8, 4) is 11.8 Å². The van der Waals surface area contributed by atoms with E-state index in [0.29, 0.717) is 17.0 Å². The fraction of sp³-hybridized carbons (Fsp3) is 0.231. The number of ether oxygens (including phenoxy) is 2. The van der Waals surface area contributed by atoms with Crippen LogP contribution in [0.4, 0.5) is 5.69 Å². The fourth-order valence-corrected chi connectivity index (χ4v) is 5.52. The maximum atomic E-state index is 13.8. The normalized spacial score (nSPS) is 19.1. The number of hydrogen-bond acceptors (Lipinski definition) is 8. The Labute approximate surface area is 212 Å². The summed E-state index contributed by atoms with van der Waals surface area (Å²) in [4.78, 5) is 40.1. The van der Waals surface area contributed by atoms with Gasteiger partial charge in [0.25, 0.3) is 5.91 Å². The second-order valence-corrected chi connectivity index (χ2v) is 9.41. The van der Waals surface area contributed by atoms with Crippen molar-refractivity contribution in [2.24, 2.45) is 5.73 Å². The average molecular weight is 505 g/mol. The number of hydrogen-bond donors (Lipinski definition) is 2. The van der Waals surface area contributed by atoms with Crippen LogP contribution in [0.15, 0.2) is 70.5 Å². The van der Waals surface area contributed by atoms with E-state index < -0.39 is 29.0 Å². The van der Waals surface area contributed by atoms with Crippen molar-refractivity contribution in [2.75, 3.05) is 19.5 Å². The Balaban J connectivity index is 1.87. The average Bonchev–Trinajstić information content (AvgIpc) is 3.19. The lowest BCUT2D eigenvalue weighted by atomic mass is 9.82. The second kappa shape index (κ2) is 10.2. The molecule has 9 nitrogen and oxygen atoms in total. The summed E-state index contributed by atoms with van der Waals surface area (Å²) < 4.78 is 9.98. The number of benzene rings is 2. The van der Waals surface area contributed by atoms with Crippen LogP contribution in [0, 0.1) is 18.3 Å². The highest BCUT2D eigenvalue weighted by molar-refractivity contribution is 8.04. The molecule has 0 aliphatic carbocycles. The number of rotatable bonds is 6. The molecule has 0 saturated carbocycles. The molecule has 4 rings (SSSR count). The number of nitriles is 1. The molecule has 0 bridgehead atoms. The van der Waals surface area contributed by atoms with Crippen LogP contribution in [-0.4, -0.2) is 42.2 Å². The predicted octanol–water partition coefficient (Wildman–Crippen LogP) is 3.15. The first-order valence-electron chi connectivity index (χ1n) is 11.0. The minimum Gasteiger partial charge on any atom is -0.497 e. The van der Waals surface area contributed by atoms with Crippen molar-refractivity contribution in [1.82, 2.24) is 4.90 Å². The number of aryl methyl sites for hydroxylation is 1. The summed E-state index contributed by atoms with van der Waals surface area (Å²) in [6.07, 6.45) is -0.199. The van der Waals surface area contributed by atoms with Gasteiger partial charge in [0.15, 0.2) is 0 Å². The summed E-state index contributed by atoms with van der Waals surface area (Å²) in [6.45, 7) is 1.90. The molecular formula is C26H24N4O5S. The Kier molecular flexibility index (Phi) is 7.03. The number of carbonyl (C=O) groups excluding carboxylic acids is 3. The zero-order valence-corrected chi connectivity index (χ0v) is 20.7. The van der Waals surface area contributed by atoms with E-state index >= 15 is 0 Å². The quantitative estimate of drug-likeness (QED) is 0.573. The topological polar surface area (TPSA) is 135 Å². The Morgan fingerprint density at radius 1 is 1.19 bits per heavy atom. The number of anilines is 1. The third kappa shape index (κ3) is 4.53. The number of nitrogens with zero attached hydrogens (tertiary/aromatic N) is 2. The van der Waals surface area contributed by atoms with Gasteiger partial charge in [-0.3, -0.25) is 19.3 Å². The van der Waals surface area contributed by atoms with Crippen LogP contribution >= 0.6 is 11.8 Å². The van der Waals surface area contributed by atoms with Gasteiger partial charge in [0.1, 0.15) is 16.8 Å². The van der Waals surface area contributed by atoms with Gasteiger partial charge in [0, 0.05) is 5.69 Å². The molecule has 2 heterocycles. The van der Waals surface area contributed by atoms with Crippen LogP contribution in [0.25, 0.3) is 0 Å². The SMILES string of the molecule is COC(=O)C[C@H]1SC2=C(C(=O)Nc3cccc(C)c3)[C@@H](c3ccc(OC)cc3)C(C#N)=C(N)N2C1=O. The molecule has 10 heteroatoms. The molecule has 0 spiro atoms. The molecule has 2 aromatic carbocycles. The smallest absolute Gasteiger partial charge is 0.307 e. The van der Waals surface area contributed by atoms with Crippen LogP contribution in [0.3, 0.4) is 0 Å². The number of allylic oxidation sites excluding steroid dienone is 1. The van der Waals surface area contributed by atoms with E-state index in [4.69, 9.17) is 15.2 Å². The molecule has 2 aromatic rings. The monoisotopic (exact) mass is 504 g/mol. The Morgan fingerprint density at radius 3 is 2.53 bits per heavy atom. The van der Waals surface area contributed by atoms with Crippen LogP contribution in [0.1, 0.15) is 23.5 Å². The van der Waals surface area contributed by atoms with Crippen LogP contribution in [0.5, 0.6) is 5.75 Å². The number of esters is 1. The van der Waals surface area contributed by atoms with Crippen LogP contribution in [-0.2, 0) is 19.1 Å². The number of thioether (sulfide) groups is 1. The highest BCUT2D eigenvalue weighted by Gasteiger charge is 2.48. The summed E-state index contributed by atoms with van der Waals surface area (Å²) in [5.41, 5.74) is 8.75. The molecule has 2 aliphatic heterocycles. The minimum atomic E-state index is -0.845. The molecule has 0 radical (unpaired) electrons. The summed E-state index contributed by atoms with van der Waals surface area (Å²) in [7, 11) is 2.78. The second-order valence-electron chi connectivity index (χ2n) is 8.22. The number of methoxy groups -OCH3 is 2. The molecule has 0 aromatic heterocycles. The lowest BCUT2D eigenvalue weighted by molar-refractivity contribution is -0.142. The van der Waals surface area contributed by atoms with E-state index in [1.165, 1.54) is 19.1 Å². The highest BCUT2D eigenvalue weighted by Crippen LogP contribution is 2.50. The van der Waals surface area contributed by atoms with E-state index in [0.717, 1.165) is 17.3 Å². The van der Waals surface area contributed by atoms with Gasteiger partial charge in [-0.05, 0) is 42.3 Å². The van der Waals surface area contributed by atoms with Crippen molar-refractivity contribution in [3.63, 3.8) is 0 Å². The van der Waals surface area contributed by atoms with Gasteiger partial charge in [-0.2, -0.15) is 5.26 Å². The molecule has 2 amide bonds. The molecule has 1 fully saturated rings. The zero-order valence-electron chi connectivity index (χ0n) is 19.9. The first-order valence-corrected chi connectivity index (χ1v) is 11.9. The maximum absolute atomic E-state index is 13.8. The standard InChI is InChI=1S/C26H24N4O5S/c1-14-5-4-6-16(11-14)29-24(32)22-21(15-7-9-17(34-2)10-8-15)18(13-27)23(28)30-25(33)19(36-26(22)30)12-20(31)35-3/h4-11,19,21H,12,28H2,1-3H3,(H,29,32)/t19-,21+/m1/s1. The van der Waals surface area contributed by atoms with Gasteiger partial charge in [-0.15, -0.1) is 0 Å². The van der Waals surface area contributed by atoms with E-state index in [1.807, 2.05) is 25.1 Å². The molecule has 36 heavy (non-hydrogen) atoms. The van der Waals surface area contributed by atoms with Crippen molar-refractivity contribution < 1.29 is 23.9 Å². The summed E-state index contributed by atoms with van der Waals surface area (Å²) >= 11 is 1.06. The largest absolute Gasteiger partial charge is 0.497 e. The van der Waals surface area contributed by atoms with Crippen molar-refractivity contribution in [1.29, 1.82) is 5.26 Å². The Morgan fingerprint density at radius 2 is 1.92 bits per heavy atom. The Hall–Kier alpha value is -4.23. The van der Waals surface area contributed by atoms with E-state index in [1.54, 1.807) is 30.3 Å². The van der Waals surface area contributed by atoms with Crippen molar-refractivity contribution in [2.45, 2.75) is 24.5 Å². The number of nitrogens with one attached hydrogen (secondary N) is 1. The van der Waals surface area contributed by atoms with Crippen LogP contribution < -0.4 is 15.8 Å². The van der Waals surface area contributed by atoms with E-state index in [2.05, 4.69) is 11.4 Å². The van der Waals surface area contributed by atoms with E-state index in [-0.39, 0.29) is 28.4 Å². The highest BCUT2D eigenvalue weighted by atomic mass is 32.2. The molecule has 2 atom stereocenters. The van der Waals surface area contributed by atoms with Gasteiger partial charge in [0.2, 0.25) is 5.91 Å². The van der Waals surface area contributed by atoms with Crippen LogP contribution in [0.2, 0.25) is 0 Å². The van der Waals surface area contributed by atoms with Gasteiger partial charge in [-0.1, -0.05) is 36.0 Å². The third-order valence-corrected chi connectivity index (χ3v) is 7.23. The molecule has 184 valence electrons. The minimum absolute atomic E-state index is 0.0611. The van der Waals surface area contributed by atoms with Gasteiger partial charge >= 0.3 is 5.97 Å². The number of amides is 2. The lowest BCUT2D eigenvalue weighted by Crippen LogP contribution is -2.39. The summed E-state index contributed by atoms with van der Waals surface area (Å²) in [5.74, 6) is -1.84.